The lowest BCUT2D eigenvalue weighted by molar-refractivity contribution is -0.137. The van der Waals surface area contributed by atoms with Crippen molar-refractivity contribution in [1.29, 1.82) is 0 Å². The molecule has 7 heteroatoms. The highest BCUT2D eigenvalue weighted by Gasteiger charge is 2.39. The molecule has 2 aromatic carbocycles. The number of carbonyl (C=O) groups is 2. The Bertz CT molecular complexity index is 1120. The Labute approximate surface area is 182 Å². The molecule has 0 saturated heterocycles. The summed E-state index contributed by atoms with van der Waals surface area (Å²) in [5.41, 5.74) is 3.03. The summed E-state index contributed by atoms with van der Waals surface area (Å²) in [6, 6.07) is 16.2. The van der Waals surface area contributed by atoms with Gasteiger partial charge in [0.2, 0.25) is 0 Å². The van der Waals surface area contributed by atoms with Crippen molar-refractivity contribution < 1.29 is 9.59 Å². The van der Waals surface area contributed by atoms with E-state index in [1.807, 2.05) is 36.6 Å². The van der Waals surface area contributed by atoms with E-state index in [0.29, 0.717) is 21.3 Å². The van der Waals surface area contributed by atoms with Gasteiger partial charge in [-0.05, 0) is 53.8 Å². The van der Waals surface area contributed by atoms with Gasteiger partial charge in [0.1, 0.15) is 5.70 Å². The number of hydrogen-bond acceptors (Lipinski definition) is 4. The van der Waals surface area contributed by atoms with Crippen molar-refractivity contribution in [2.75, 3.05) is 5.32 Å². The summed E-state index contributed by atoms with van der Waals surface area (Å²) >= 11 is 13.6. The number of amides is 2. The molecular formula is C22H16Cl2N2O2S. The van der Waals surface area contributed by atoms with Gasteiger partial charge in [-0.15, -0.1) is 11.3 Å². The molecule has 0 unspecified atom stereocenters. The summed E-state index contributed by atoms with van der Waals surface area (Å²) in [7, 11) is 0. The van der Waals surface area contributed by atoms with Crippen LogP contribution in [-0.2, 0) is 16.1 Å². The molecule has 1 aliphatic heterocycles. The van der Waals surface area contributed by atoms with Crippen LogP contribution in [0, 0.1) is 6.92 Å². The summed E-state index contributed by atoms with van der Waals surface area (Å²) < 4.78 is 0. The van der Waals surface area contributed by atoms with Crippen LogP contribution in [0.5, 0.6) is 0 Å². The Morgan fingerprint density at radius 2 is 1.76 bits per heavy atom. The molecular weight excluding hydrogens is 427 g/mol. The second-order valence-electron chi connectivity index (χ2n) is 6.64. The van der Waals surface area contributed by atoms with Crippen molar-refractivity contribution in [3.05, 3.63) is 91.7 Å². The molecule has 3 aromatic rings. The third-order valence-corrected chi connectivity index (χ3v) is 6.18. The number of rotatable bonds is 5. The van der Waals surface area contributed by atoms with Gasteiger partial charge in [0, 0.05) is 20.6 Å². The average Bonchev–Trinajstić information content (AvgIpc) is 3.30. The SMILES string of the molecule is Cc1ccc(NC2=C(c3cccs3)C(=O)N(Cc3ccc(Cl)cc3)C2=O)cc1Cl. The van der Waals surface area contributed by atoms with Crippen LogP contribution in [-0.4, -0.2) is 16.7 Å². The van der Waals surface area contributed by atoms with Gasteiger partial charge in [-0.1, -0.05) is 47.5 Å². The number of carbonyl (C=O) groups excluding carboxylic acids is 2. The molecule has 0 bridgehead atoms. The lowest BCUT2D eigenvalue weighted by atomic mass is 10.1. The number of benzene rings is 2. The number of nitrogens with one attached hydrogen (secondary N) is 1. The lowest BCUT2D eigenvalue weighted by Crippen LogP contribution is -2.31. The molecule has 0 saturated carbocycles. The van der Waals surface area contributed by atoms with Crippen molar-refractivity contribution in [3.8, 4) is 0 Å². The summed E-state index contributed by atoms with van der Waals surface area (Å²) in [6.45, 7) is 2.07. The van der Waals surface area contributed by atoms with Gasteiger partial charge in [-0.2, -0.15) is 0 Å². The number of imide groups is 1. The fourth-order valence-electron chi connectivity index (χ4n) is 3.07. The molecule has 29 heavy (non-hydrogen) atoms. The van der Waals surface area contributed by atoms with Gasteiger partial charge < -0.3 is 5.32 Å². The number of aryl methyl sites for hydroxylation is 1. The van der Waals surface area contributed by atoms with E-state index in [9.17, 15) is 9.59 Å². The normalized spacial score (nSPS) is 14.1. The van der Waals surface area contributed by atoms with E-state index >= 15 is 0 Å². The van der Waals surface area contributed by atoms with Crippen LogP contribution in [0.2, 0.25) is 10.0 Å². The first-order valence-corrected chi connectivity index (χ1v) is 10.5. The highest BCUT2D eigenvalue weighted by molar-refractivity contribution is 7.11. The maximum atomic E-state index is 13.2. The van der Waals surface area contributed by atoms with Crippen molar-refractivity contribution in [1.82, 2.24) is 4.90 Å². The number of thiophene rings is 1. The monoisotopic (exact) mass is 442 g/mol. The summed E-state index contributed by atoms with van der Waals surface area (Å²) in [4.78, 5) is 28.3. The topological polar surface area (TPSA) is 49.4 Å². The summed E-state index contributed by atoms with van der Waals surface area (Å²) in [5, 5.41) is 6.19. The molecule has 0 aliphatic carbocycles. The van der Waals surface area contributed by atoms with Gasteiger partial charge in [0.05, 0.1) is 12.1 Å². The molecule has 0 fully saturated rings. The molecule has 1 aliphatic rings. The van der Waals surface area contributed by atoms with Crippen LogP contribution in [0.4, 0.5) is 5.69 Å². The summed E-state index contributed by atoms with van der Waals surface area (Å²) in [5.74, 6) is -0.696. The highest BCUT2D eigenvalue weighted by Crippen LogP contribution is 2.34. The number of halogens is 2. The van der Waals surface area contributed by atoms with Gasteiger partial charge in [0.15, 0.2) is 0 Å². The first kappa shape index (κ1) is 19.7. The maximum Gasteiger partial charge on any atom is 0.278 e. The van der Waals surface area contributed by atoms with Gasteiger partial charge in [0.25, 0.3) is 11.8 Å². The molecule has 2 amide bonds. The van der Waals surface area contributed by atoms with Crippen LogP contribution in [0.15, 0.2) is 65.7 Å². The van der Waals surface area contributed by atoms with Gasteiger partial charge >= 0.3 is 0 Å². The quantitative estimate of drug-likeness (QED) is 0.511. The van der Waals surface area contributed by atoms with E-state index in [4.69, 9.17) is 23.2 Å². The molecule has 0 atom stereocenters. The highest BCUT2D eigenvalue weighted by atomic mass is 35.5. The molecule has 2 heterocycles. The largest absolute Gasteiger partial charge is 0.350 e. The standard InChI is InChI=1S/C22H16Cl2N2O2S/c1-13-4-9-16(11-17(13)24)25-20-19(18-3-2-10-29-18)21(27)26(22(20)28)12-14-5-7-15(23)8-6-14/h2-11,25H,12H2,1H3. The van der Waals surface area contributed by atoms with E-state index in [1.54, 1.807) is 30.3 Å². The van der Waals surface area contributed by atoms with Gasteiger partial charge in [-0.25, -0.2) is 0 Å². The number of hydrogen-bond donors (Lipinski definition) is 1. The van der Waals surface area contributed by atoms with E-state index in [2.05, 4.69) is 5.32 Å². The zero-order chi connectivity index (χ0) is 20.5. The Kier molecular flexibility index (Phi) is 5.46. The second kappa shape index (κ2) is 8.03. The molecule has 4 rings (SSSR count). The Balaban J connectivity index is 1.70. The zero-order valence-corrected chi connectivity index (χ0v) is 17.7. The molecule has 4 nitrogen and oxygen atoms in total. The Morgan fingerprint density at radius 1 is 1.00 bits per heavy atom. The molecule has 146 valence electrons. The van der Waals surface area contributed by atoms with E-state index in [1.165, 1.54) is 16.2 Å². The van der Waals surface area contributed by atoms with Crippen LogP contribution in [0.3, 0.4) is 0 Å². The third-order valence-electron chi connectivity index (χ3n) is 4.63. The van der Waals surface area contributed by atoms with E-state index in [0.717, 1.165) is 16.0 Å². The predicted molar refractivity (Wildman–Crippen MR) is 118 cm³/mol. The first-order valence-electron chi connectivity index (χ1n) is 8.86. The molecule has 1 N–H and O–H groups in total. The number of nitrogens with zero attached hydrogens (tertiary/aromatic N) is 1. The zero-order valence-electron chi connectivity index (χ0n) is 15.4. The van der Waals surface area contributed by atoms with Crippen molar-refractivity contribution >= 4 is 57.6 Å². The first-order chi connectivity index (χ1) is 13.9. The second-order valence-corrected chi connectivity index (χ2v) is 8.43. The molecule has 0 radical (unpaired) electrons. The molecule has 1 aromatic heterocycles. The van der Waals surface area contributed by atoms with Crippen LogP contribution >= 0.6 is 34.5 Å². The maximum absolute atomic E-state index is 13.2. The minimum absolute atomic E-state index is 0.170. The smallest absolute Gasteiger partial charge is 0.278 e. The fourth-order valence-corrected chi connectivity index (χ4v) is 4.15. The minimum atomic E-state index is -0.370. The summed E-state index contributed by atoms with van der Waals surface area (Å²) in [6.07, 6.45) is 0. The minimum Gasteiger partial charge on any atom is -0.350 e. The van der Waals surface area contributed by atoms with Crippen LogP contribution < -0.4 is 5.32 Å². The van der Waals surface area contributed by atoms with E-state index in [-0.39, 0.29) is 24.1 Å². The third kappa shape index (κ3) is 3.94. The van der Waals surface area contributed by atoms with Crippen LogP contribution in [0.1, 0.15) is 16.0 Å². The fraction of sp³-hybridized carbons (Fsp3) is 0.0909. The molecule has 0 spiro atoms. The van der Waals surface area contributed by atoms with Crippen molar-refractivity contribution in [2.24, 2.45) is 0 Å². The lowest BCUT2D eigenvalue weighted by Gasteiger charge is -2.15. The van der Waals surface area contributed by atoms with Crippen molar-refractivity contribution in [2.45, 2.75) is 13.5 Å². The van der Waals surface area contributed by atoms with Crippen LogP contribution in [0.25, 0.3) is 5.57 Å². The van der Waals surface area contributed by atoms with E-state index < -0.39 is 0 Å². The Morgan fingerprint density at radius 3 is 2.41 bits per heavy atom. The average molecular weight is 443 g/mol. The Hall–Kier alpha value is -2.60. The number of anilines is 1. The van der Waals surface area contributed by atoms with Crippen molar-refractivity contribution in [3.63, 3.8) is 0 Å². The predicted octanol–water partition coefficient (Wildman–Crippen LogP) is 5.76. The van der Waals surface area contributed by atoms with Gasteiger partial charge in [-0.3, -0.25) is 14.5 Å².